The van der Waals surface area contributed by atoms with Gasteiger partial charge in [0.25, 0.3) is 0 Å². The predicted molar refractivity (Wildman–Crippen MR) is 43.3 cm³/mol. The van der Waals surface area contributed by atoms with E-state index in [0.717, 1.165) is 12.3 Å². The van der Waals surface area contributed by atoms with Gasteiger partial charge in [0.05, 0.1) is 6.10 Å². The van der Waals surface area contributed by atoms with Crippen molar-refractivity contribution < 1.29 is 18.3 Å². The molecule has 0 aromatic carbocycles. The molecule has 0 radical (unpaired) electrons. The molecule has 0 saturated carbocycles. The lowest BCUT2D eigenvalue weighted by molar-refractivity contribution is -0.142. The van der Waals surface area contributed by atoms with Crippen LogP contribution >= 0.6 is 0 Å². The van der Waals surface area contributed by atoms with E-state index in [0.29, 0.717) is 0 Å². The zero-order valence-corrected chi connectivity index (χ0v) is 7.12. The van der Waals surface area contributed by atoms with Gasteiger partial charge >= 0.3 is 6.18 Å². The van der Waals surface area contributed by atoms with Gasteiger partial charge in [0.2, 0.25) is 0 Å². The summed E-state index contributed by atoms with van der Waals surface area (Å²) in [5.74, 6) is 0. The molecule has 0 aliphatic heterocycles. The van der Waals surface area contributed by atoms with E-state index >= 15 is 0 Å². The summed E-state index contributed by atoms with van der Waals surface area (Å²) in [6, 6.07) is 2.48. The summed E-state index contributed by atoms with van der Waals surface area (Å²) in [5.41, 5.74) is 3.70. The van der Waals surface area contributed by atoms with Gasteiger partial charge in [-0.25, -0.2) is 0 Å². The van der Waals surface area contributed by atoms with Gasteiger partial charge in [-0.3, -0.25) is 4.98 Å². The third kappa shape index (κ3) is 2.21. The van der Waals surface area contributed by atoms with Crippen molar-refractivity contribution in [2.24, 2.45) is 5.73 Å². The highest BCUT2D eigenvalue weighted by Gasteiger charge is 2.36. The second-order valence-electron chi connectivity index (χ2n) is 2.69. The number of pyridine rings is 1. The SMILES string of the molecule is NCC(O)c1cccnc1C(F)(F)F. The average molecular weight is 206 g/mol. The smallest absolute Gasteiger partial charge is 0.387 e. The quantitative estimate of drug-likeness (QED) is 0.761. The topological polar surface area (TPSA) is 59.1 Å². The zero-order chi connectivity index (χ0) is 10.8. The highest BCUT2D eigenvalue weighted by molar-refractivity contribution is 5.24. The van der Waals surface area contributed by atoms with Crippen LogP contribution in [0.5, 0.6) is 0 Å². The van der Waals surface area contributed by atoms with E-state index in [-0.39, 0.29) is 12.1 Å². The van der Waals surface area contributed by atoms with Gasteiger partial charge in [-0.05, 0) is 6.07 Å². The first-order valence-electron chi connectivity index (χ1n) is 3.87. The van der Waals surface area contributed by atoms with Crippen LogP contribution in [0.2, 0.25) is 0 Å². The minimum Gasteiger partial charge on any atom is -0.387 e. The normalized spacial score (nSPS) is 14.1. The van der Waals surface area contributed by atoms with E-state index in [2.05, 4.69) is 4.98 Å². The van der Waals surface area contributed by atoms with Crippen molar-refractivity contribution in [1.82, 2.24) is 4.98 Å². The van der Waals surface area contributed by atoms with Crippen LogP contribution in [0.25, 0.3) is 0 Å². The lowest BCUT2D eigenvalue weighted by Crippen LogP contribution is -2.18. The molecule has 78 valence electrons. The van der Waals surface area contributed by atoms with Crippen molar-refractivity contribution >= 4 is 0 Å². The Morgan fingerprint density at radius 2 is 2.14 bits per heavy atom. The predicted octanol–water partition coefficient (Wildman–Crippen LogP) is 1.09. The van der Waals surface area contributed by atoms with Gasteiger partial charge in [-0.2, -0.15) is 13.2 Å². The van der Waals surface area contributed by atoms with E-state index in [1.165, 1.54) is 6.07 Å². The second kappa shape index (κ2) is 3.93. The first kappa shape index (κ1) is 10.9. The molecule has 0 saturated heterocycles. The van der Waals surface area contributed by atoms with Gasteiger partial charge in [0.15, 0.2) is 0 Å². The molecule has 0 amide bonds. The van der Waals surface area contributed by atoms with Crippen LogP contribution in [0.3, 0.4) is 0 Å². The number of aliphatic hydroxyl groups is 1. The summed E-state index contributed by atoms with van der Waals surface area (Å²) < 4.78 is 37.0. The van der Waals surface area contributed by atoms with E-state index in [1.54, 1.807) is 0 Å². The molecule has 1 heterocycles. The minimum absolute atomic E-state index is 0.269. The molecule has 0 aliphatic carbocycles. The molecule has 0 spiro atoms. The summed E-state index contributed by atoms with van der Waals surface area (Å²) >= 11 is 0. The van der Waals surface area contributed by atoms with Crippen LogP contribution in [0.1, 0.15) is 17.4 Å². The Morgan fingerprint density at radius 3 is 2.64 bits per heavy atom. The number of rotatable bonds is 2. The average Bonchev–Trinajstić information content (AvgIpc) is 2.15. The molecule has 1 rings (SSSR count). The first-order valence-corrected chi connectivity index (χ1v) is 3.87. The molecule has 6 heteroatoms. The van der Waals surface area contributed by atoms with Crippen LogP contribution in [0, 0.1) is 0 Å². The Bertz CT molecular complexity index is 314. The highest BCUT2D eigenvalue weighted by Crippen LogP contribution is 2.32. The second-order valence-corrected chi connectivity index (χ2v) is 2.69. The summed E-state index contributed by atoms with van der Waals surface area (Å²) in [6.45, 7) is -0.269. The number of alkyl halides is 3. The number of nitrogens with zero attached hydrogens (tertiary/aromatic N) is 1. The highest BCUT2D eigenvalue weighted by atomic mass is 19.4. The monoisotopic (exact) mass is 206 g/mol. The van der Waals surface area contributed by atoms with Gasteiger partial charge in [0.1, 0.15) is 5.69 Å². The maximum absolute atomic E-state index is 12.3. The Labute approximate surface area is 78.4 Å². The fourth-order valence-electron chi connectivity index (χ4n) is 1.05. The molecular weight excluding hydrogens is 197 g/mol. The fourth-order valence-corrected chi connectivity index (χ4v) is 1.05. The maximum atomic E-state index is 12.3. The molecule has 1 atom stereocenters. The van der Waals surface area contributed by atoms with Crippen molar-refractivity contribution in [3.63, 3.8) is 0 Å². The molecule has 14 heavy (non-hydrogen) atoms. The Morgan fingerprint density at radius 1 is 1.50 bits per heavy atom. The van der Waals surface area contributed by atoms with Crippen molar-refractivity contribution in [3.8, 4) is 0 Å². The van der Waals surface area contributed by atoms with Gasteiger partial charge < -0.3 is 10.8 Å². The number of aromatic nitrogens is 1. The third-order valence-electron chi connectivity index (χ3n) is 1.69. The van der Waals surface area contributed by atoms with E-state index in [4.69, 9.17) is 5.73 Å². The molecule has 0 bridgehead atoms. The number of hydrogen-bond donors (Lipinski definition) is 2. The summed E-state index contributed by atoms with van der Waals surface area (Å²) in [7, 11) is 0. The van der Waals surface area contributed by atoms with E-state index in [1.807, 2.05) is 0 Å². The Kier molecular flexibility index (Phi) is 3.07. The lowest BCUT2D eigenvalue weighted by Gasteiger charge is -2.14. The van der Waals surface area contributed by atoms with Crippen molar-refractivity contribution in [2.45, 2.75) is 12.3 Å². The molecule has 0 fully saturated rings. The fraction of sp³-hybridized carbons (Fsp3) is 0.375. The van der Waals surface area contributed by atoms with Crippen molar-refractivity contribution in [3.05, 3.63) is 29.6 Å². The van der Waals surface area contributed by atoms with Gasteiger partial charge in [-0.1, -0.05) is 6.07 Å². The minimum atomic E-state index is -4.56. The molecule has 1 unspecified atom stereocenters. The van der Waals surface area contributed by atoms with Crippen LogP contribution < -0.4 is 5.73 Å². The van der Waals surface area contributed by atoms with Crippen molar-refractivity contribution in [1.29, 1.82) is 0 Å². The molecule has 1 aromatic heterocycles. The molecule has 0 aliphatic rings. The number of aliphatic hydroxyl groups excluding tert-OH is 1. The zero-order valence-electron chi connectivity index (χ0n) is 7.12. The Hall–Kier alpha value is -1.14. The maximum Gasteiger partial charge on any atom is 0.433 e. The molecule has 3 nitrogen and oxygen atoms in total. The van der Waals surface area contributed by atoms with Gasteiger partial charge in [0, 0.05) is 18.3 Å². The molecule has 1 aromatic rings. The van der Waals surface area contributed by atoms with E-state index < -0.39 is 18.0 Å². The summed E-state index contributed by atoms with van der Waals surface area (Å²) in [6.07, 6.45) is -4.87. The Balaban J connectivity index is 3.16. The van der Waals surface area contributed by atoms with Crippen LogP contribution in [0.4, 0.5) is 13.2 Å². The van der Waals surface area contributed by atoms with Gasteiger partial charge in [-0.15, -0.1) is 0 Å². The number of hydrogen-bond acceptors (Lipinski definition) is 3. The summed E-state index contributed by atoms with van der Waals surface area (Å²) in [4.78, 5) is 3.18. The van der Waals surface area contributed by atoms with Crippen LogP contribution in [-0.4, -0.2) is 16.6 Å². The summed E-state index contributed by atoms with van der Waals surface area (Å²) in [5, 5.41) is 9.21. The lowest BCUT2D eigenvalue weighted by atomic mass is 10.1. The van der Waals surface area contributed by atoms with E-state index in [9.17, 15) is 18.3 Å². The largest absolute Gasteiger partial charge is 0.433 e. The van der Waals surface area contributed by atoms with Crippen LogP contribution in [-0.2, 0) is 6.18 Å². The van der Waals surface area contributed by atoms with Crippen molar-refractivity contribution in [2.75, 3.05) is 6.54 Å². The molecular formula is C8H9F3N2O. The third-order valence-corrected chi connectivity index (χ3v) is 1.69. The number of halogens is 3. The first-order chi connectivity index (χ1) is 6.46. The standard InChI is InChI=1S/C8H9F3N2O/c9-8(10,11)7-5(6(14)4-12)2-1-3-13-7/h1-3,6,14H,4,12H2. The molecule has 3 N–H and O–H groups in total. The number of nitrogens with two attached hydrogens (primary N) is 1. The van der Waals surface area contributed by atoms with Crippen LogP contribution in [0.15, 0.2) is 18.3 Å².